The van der Waals surface area contributed by atoms with Crippen molar-refractivity contribution in [3.63, 3.8) is 0 Å². The van der Waals surface area contributed by atoms with Crippen LogP contribution >= 0.6 is 0 Å². The third-order valence-corrected chi connectivity index (χ3v) is 4.10. The minimum atomic E-state index is -0.756. The third kappa shape index (κ3) is 6.80. The quantitative estimate of drug-likeness (QED) is 0.749. The summed E-state index contributed by atoms with van der Waals surface area (Å²) in [5.74, 6) is -0.437. The van der Waals surface area contributed by atoms with E-state index in [0.29, 0.717) is 24.9 Å². The minimum absolute atomic E-state index is 0.00356. The summed E-state index contributed by atoms with van der Waals surface area (Å²) in [5.41, 5.74) is 0. The van der Waals surface area contributed by atoms with E-state index in [1.165, 1.54) is 0 Å². The molecule has 1 aliphatic rings. The molecular weight excluding hydrogens is 270 g/mol. The molecule has 1 rings (SSSR count). The largest absolute Gasteiger partial charge is 0.481 e. The van der Waals surface area contributed by atoms with E-state index in [1.807, 2.05) is 11.8 Å². The van der Waals surface area contributed by atoms with Crippen LogP contribution in [-0.2, 0) is 4.79 Å². The molecule has 1 aliphatic heterocycles. The Morgan fingerprint density at radius 3 is 2.24 bits per heavy atom. The highest BCUT2D eigenvalue weighted by Gasteiger charge is 2.22. The number of urea groups is 1. The van der Waals surface area contributed by atoms with E-state index in [9.17, 15) is 9.59 Å². The summed E-state index contributed by atoms with van der Waals surface area (Å²) in [4.78, 5) is 26.7. The van der Waals surface area contributed by atoms with Gasteiger partial charge in [-0.1, -0.05) is 6.92 Å². The summed E-state index contributed by atoms with van der Waals surface area (Å²) < 4.78 is 0. The Bertz CT molecular complexity index is 339. The Morgan fingerprint density at radius 2 is 1.71 bits per heavy atom. The van der Waals surface area contributed by atoms with Crippen LogP contribution < -0.4 is 5.32 Å². The molecule has 1 heterocycles. The summed E-state index contributed by atoms with van der Waals surface area (Å²) in [6.45, 7) is 10.4. The molecule has 0 aromatic carbocycles. The molecule has 21 heavy (non-hydrogen) atoms. The topological polar surface area (TPSA) is 72.9 Å². The van der Waals surface area contributed by atoms with Gasteiger partial charge in [0.1, 0.15) is 0 Å². The number of rotatable bonds is 7. The van der Waals surface area contributed by atoms with E-state index in [2.05, 4.69) is 24.1 Å². The van der Waals surface area contributed by atoms with E-state index < -0.39 is 5.97 Å². The highest BCUT2D eigenvalue weighted by molar-refractivity contribution is 5.74. The van der Waals surface area contributed by atoms with Gasteiger partial charge in [-0.05, 0) is 32.6 Å². The van der Waals surface area contributed by atoms with Crippen molar-refractivity contribution < 1.29 is 14.7 Å². The normalized spacial score (nSPS) is 17.8. The van der Waals surface area contributed by atoms with Gasteiger partial charge in [-0.15, -0.1) is 0 Å². The van der Waals surface area contributed by atoms with Crippen molar-refractivity contribution in [2.75, 3.05) is 32.7 Å². The lowest BCUT2D eigenvalue weighted by Gasteiger charge is -2.36. The maximum absolute atomic E-state index is 12.0. The molecule has 1 fully saturated rings. The summed E-state index contributed by atoms with van der Waals surface area (Å²) in [6.07, 6.45) is 1.69. The van der Waals surface area contributed by atoms with Crippen LogP contribution in [0.5, 0.6) is 0 Å². The number of piperazine rings is 1. The van der Waals surface area contributed by atoms with Crippen LogP contribution in [0.4, 0.5) is 4.79 Å². The maximum atomic E-state index is 12.0. The van der Waals surface area contributed by atoms with Gasteiger partial charge < -0.3 is 15.3 Å². The Balaban J connectivity index is 2.15. The number of carbonyl (C=O) groups excluding carboxylic acids is 1. The van der Waals surface area contributed by atoms with Crippen molar-refractivity contribution in [2.45, 2.75) is 46.1 Å². The lowest BCUT2D eigenvalue weighted by Crippen LogP contribution is -2.53. The van der Waals surface area contributed by atoms with Gasteiger partial charge in [0.2, 0.25) is 0 Å². The van der Waals surface area contributed by atoms with E-state index in [0.717, 1.165) is 32.6 Å². The van der Waals surface area contributed by atoms with Crippen LogP contribution in [0.3, 0.4) is 0 Å². The number of nitrogens with one attached hydrogen (secondary N) is 1. The first-order chi connectivity index (χ1) is 9.90. The second-order valence-corrected chi connectivity index (χ2v) is 6.17. The zero-order chi connectivity index (χ0) is 15.8. The van der Waals surface area contributed by atoms with E-state index in [4.69, 9.17) is 5.11 Å². The Kier molecular flexibility index (Phi) is 7.50. The van der Waals surface area contributed by atoms with Gasteiger partial charge in [-0.25, -0.2) is 4.79 Å². The van der Waals surface area contributed by atoms with Crippen LogP contribution in [0.15, 0.2) is 0 Å². The van der Waals surface area contributed by atoms with Gasteiger partial charge in [0.15, 0.2) is 0 Å². The summed E-state index contributed by atoms with van der Waals surface area (Å²) >= 11 is 0. The van der Waals surface area contributed by atoms with E-state index in [1.54, 1.807) is 0 Å². The molecule has 1 unspecified atom stereocenters. The highest BCUT2D eigenvalue weighted by Crippen LogP contribution is 2.10. The molecule has 1 atom stereocenters. The average Bonchev–Trinajstić information content (AvgIpc) is 2.45. The molecular formula is C15H29N3O3. The zero-order valence-corrected chi connectivity index (χ0v) is 13.5. The summed E-state index contributed by atoms with van der Waals surface area (Å²) in [7, 11) is 0. The van der Waals surface area contributed by atoms with Crippen molar-refractivity contribution in [3.8, 4) is 0 Å². The molecule has 6 nitrogen and oxygen atoms in total. The molecule has 0 bridgehead atoms. The molecule has 0 saturated carbocycles. The molecule has 2 N–H and O–H groups in total. The molecule has 6 heteroatoms. The number of nitrogens with zero attached hydrogens (tertiary/aromatic N) is 2. The fourth-order valence-electron chi connectivity index (χ4n) is 2.49. The van der Waals surface area contributed by atoms with Crippen molar-refractivity contribution in [1.82, 2.24) is 15.1 Å². The van der Waals surface area contributed by atoms with Crippen LogP contribution in [0.2, 0.25) is 0 Å². The number of carboxylic acids is 1. The predicted octanol–water partition coefficient (Wildman–Crippen LogP) is 1.61. The lowest BCUT2D eigenvalue weighted by molar-refractivity contribution is -0.137. The SMILES string of the molecule is CC(CCNC(=O)N1CCN(C(C)C)CC1)CCC(=O)O. The van der Waals surface area contributed by atoms with Gasteiger partial charge >= 0.3 is 12.0 Å². The molecule has 2 amide bonds. The highest BCUT2D eigenvalue weighted by atomic mass is 16.4. The summed E-state index contributed by atoms with van der Waals surface area (Å²) in [6, 6.07) is 0.536. The van der Waals surface area contributed by atoms with Gasteiger partial charge in [0.05, 0.1) is 0 Å². The number of carbonyl (C=O) groups is 2. The Labute approximate surface area is 127 Å². The first-order valence-electron chi connectivity index (χ1n) is 7.88. The third-order valence-electron chi connectivity index (χ3n) is 4.10. The Morgan fingerprint density at radius 1 is 1.10 bits per heavy atom. The molecule has 0 spiro atoms. The van der Waals surface area contributed by atoms with Gasteiger partial charge in [-0.2, -0.15) is 0 Å². The fourth-order valence-corrected chi connectivity index (χ4v) is 2.49. The van der Waals surface area contributed by atoms with Crippen LogP contribution in [0.1, 0.15) is 40.0 Å². The molecule has 0 aliphatic carbocycles. The van der Waals surface area contributed by atoms with Gasteiger partial charge in [0.25, 0.3) is 0 Å². The van der Waals surface area contributed by atoms with E-state index >= 15 is 0 Å². The first-order valence-corrected chi connectivity index (χ1v) is 7.88. The second-order valence-electron chi connectivity index (χ2n) is 6.17. The van der Waals surface area contributed by atoms with Crippen molar-refractivity contribution in [1.29, 1.82) is 0 Å². The smallest absolute Gasteiger partial charge is 0.317 e. The van der Waals surface area contributed by atoms with Crippen LogP contribution in [0, 0.1) is 5.92 Å². The maximum Gasteiger partial charge on any atom is 0.317 e. The van der Waals surface area contributed by atoms with Gasteiger partial charge in [-0.3, -0.25) is 9.69 Å². The zero-order valence-electron chi connectivity index (χ0n) is 13.5. The monoisotopic (exact) mass is 299 g/mol. The average molecular weight is 299 g/mol. The molecule has 0 radical (unpaired) electrons. The van der Waals surface area contributed by atoms with Crippen LogP contribution in [0.25, 0.3) is 0 Å². The number of hydrogen-bond acceptors (Lipinski definition) is 3. The number of aliphatic carboxylic acids is 1. The molecule has 122 valence electrons. The second kappa shape index (κ2) is 8.87. The van der Waals surface area contributed by atoms with Crippen molar-refractivity contribution in [2.24, 2.45) is 5.92 Å². The lowest BCUT2D eigenvalue weighted by atomic mass is 10.0. The number of carboxylic acid groups (broad SMARTS) is 1. The molecule has 0 aromatic heterocycles. The van der Waals surface area contributed by atoms with Crippen molar-refractivity contribution in [3.05, 3.63) is 0 Å². The van der Waals surface area contributed by atoms with Crippen molar-refractivity contribution >= 4 is 12.0 Å². The fraction of sp³-hybridized carbons (Fsp3) is 0.867. The van der Waals surface area contributed by atoms with E-state index in [-0.39, 0.29) is 12.5 Å². The predicted molar refractivity (Wildman–Crippen MR) is 82.3 cm³/mol. The Hall–Kier alpha value is -1.30. The number of hydrogen-bond donors (Lipinski definition) is 2. The minimum Gasteiger partial charge on any atom is -0.481 e. The standard InChI is InChI=1S/C15H29N3O3/c1-12(2)17-8-10-18(11-9-17)15(21)16-7-6-13(3)4-5-14(19)20/h12-13H,4-11H2,1-3H3,(H,16,21)(H,19,20). The van der Waals surface area contributed by atoms with Crippen LogP contribution in [-0.4, -0.2) is 65.7 Å². The van der Waals surface area contributed by atoms with Gasteiger partial charge in [0, 0.05) is 45.2 Å². The number of amides is 2. The molecule has 1 saturated heterocycles. The molecule has 0 aromatic rings. The summed E-state index contributed by atoms with van der Waals surface area (Å²) in [5, 5.41) is 11.6. The first kappa shape index (κ1) is 17.8.